The maximum atomic E-state index is 5.67. The summed E-state index contributed by atoms with van der Waals surface area (Å²) in [5.41, 5.74) is 2.88. The molecule has 0 aliphatic carbocycles. The monoisotopic (exact) mass is 245 g/mol. The molecule has 0 fully saturated rings. The van der Waals surface area contributed by atoms with Gasteiger partial charge in [-0.25, -0.2) is 0 Å². The van der Waals surface area contributed by atoms with Gasteiger partial charge in [0, 0.05) is 17.1 Å². The minimum atomic E-state index is 0.900. The molecule has 4 rings (SSSR count). The predicted molar refractivity (Wildman–Crippen MR) is 77.0 cm³/mol. The molecule has 2 aromatic heterocycles. The molecule has 0 unspecified atom stereocenters. The Morgan fingerprint density at radius 1 is 0.842 bits per heavy atom. The summed E-state index contributed by atoms with van der Waals surface area (Å²) in [6.45, 7) is 0. The molecule has 2 aromatic carbocycles. The second-order valence-corrected chi connectivity index (χ2v) is 4.52. The van der Waals surface area contributed by atoms with Crippen molar-refractivity contribution in [3.63, 3.8) is 0 Å². The molecule has 0 N–H and O–H groups in total. The highest BCUT2D eigenvalue weighted by molar-refractivity contribution is 6.11. The van der Waals surface area contributed by atoms with Crippen molar-refractivity contribution in [2.75, 3.05) is 0 Å². The van der Waals surface area contributed by atoms with Crippen LogP contribution in [0.1, 0.15) is 0 Å². The average Bonchev–Trinajstić information content (AvgIpc) is 2.97. The van der Waals surface area contributed by atoms with Crippen molar-refractivity contribution in [1.29, 1.82) is 0 Å². The summed E-state index contributed by atoms with van der Waals surface area (Å²) in [4.78, 5) is 4.43. The zero-order valence-corrected chi connectivity index (χ0v) is 10.2. The summed E-state index contributed by atoms with van der Waals surface area (Å²) in [7, 11) is 0. The molecule has 0 radical (unpaired) electrons. The van der Waals surface area contributed by atoms with Crippen LogP contribution >= 0.6 is 0 Å². The fraction of sp³-hybridized carbons (Fsp3) is 0. The maximum Gasteiger partial charge on any atom is 0.143 e. The van der Waals surface area contributed by atoms with Crippen LogP contribution in [0.5, 0.6) is 0 Å². The molecular formula is C17H11NO. The minimum Gasteiger partial charge on any atom is -0.464 e. The van der Waals surface area contributed by atoms with Crippen LogP contribution in [-0.4, -0.2) is 4.98 Å². The zero-order chi connectivity index (χ0) is 12.7. The van der Waals surface area contributed by atoms with Crippen molar-refractivity contribution < 1.29 is 4.42 Å². The first kappa shape index (κ1) is 10.3. The third kappa shape index (κ3) is 1.54. The molecule has 0 spiro atoms. The third-order valence-electron chi connectivity index (χ3n) is 3.40. The van der Waals surface area contributed by atoms with Gasteiger partial charge in [0.2, 0.25) is 0 Å². The molecule has 2 heteroatoms. The maximum absolute atomic E-state index is 5.67. The smallest absolute Gasteiger partial charge is 0.143 e. The van der Waals surface area contributed by atoms with Gasteiger partial charge < -0.3 is 4.42 Å². The van der Waals surface area contributed by atoms with Crippen LogP contribution in [0.25, 0.3) is 33.0 Å². The first-order chi connectivity index (χ1) is 9.43. The molecule has 4 aromatic rings. The fourth-order valence-corrected chi connectivity index (χ4v) is 2.53. The summed E-state index contributed by atoms with van der Waals surface area (Å²) in [5.74, 6) is 0. The Bertz CT molecular complexity index is 862. The van der Waals surface area contributed by atoms with Gasteiger partial charge in [0.05, 0.1) is 12.0 Å². The SMILES string of the molecule is c1ccc(-c2cc3ccccc3c3ccoc23)nc1. The number of hydrogen-bond acceptors (Lipinski definition) is 2. The van der Waals surface area contributed by atoms with E-state index >= 15 is 0 Å². The molecule has 0 atom stereocenters. The summed E-state index contributed by atoms with van der Waals surface area (Å²) in [6, 6.07) is 18.4. The zero-order valence-electron chi connectivity index (χ0n) is 10.2. The van der Waals surface area contributed by atoms with Gasteiger partial charge in [-0.2, -0.15) is 0 Å². The summed E-state index contributed by atoms with van der Waals surface area (Å²) in [6.07, 6.45) is 3.54. The number of furan rings is 1. The van der Waals surface area contributed by atoms with Crippen LogP contribution in [0.4, 0.5) is 0 Å². The van der Waals surface area contributed by atoms with Crippen LogP contribution in [0.2, 0.25) is 0 Å². The van der Waals surface area contributed by atoms with Crippen LogP contribution in [0.15, 0.2) is 71.5 Å². The molecule has 0 bridgehead atoms. The molecule has 0 aliphatic heterocycles. The lowest BCUT2D eigenvalue weighted by molar-refractivity contribution is 0.617. The molecule has 90 valence electrons. The average molecular weight is 245 g/mol. The number of nitrogens with zero attached hydrogens (tertiary/aromatic N) is 1. The quantitative estimate of drug-likeness (QED) is 0.488. The van der Waals surface area contributed by atoms with Crippen molar-refractivity contribution in [1.82, 2.24) is 4.98 Å². The van der Waals surface area contributed by atoms with Gasteiger partial charge in [-0.15, -0.1) is 0 Å². The molecule has 0 saturated carbocycles. The number of aromatic nitrogens is 1. The molecule has 19 heavy (non-hydrogen) atoms. The van der Waals surface area contributed by atoms with E-state index in [9.17, 15) is 0 Å². The van der Waals surface area contributed by atoms with Gasteiger partial charge in [0.25, 0.3) is 0 Å². The first-order valence-electron chi connectivity index (χ1n) is 6.24. The van der Waals surface area contributed by atoms with Crippen LogP contribution in [0, 0.1) is 0 Å². The van der Waals surface area contributed by atoms with Crippen LogP contribution in [0.3, 0.4) is 0 Å². The Morgan fingerprint density at radius 3 is 2.63 bits per heavy atom. The molecule has 2 nitrogen and oxygen atoms in total. The number of rotatable bonds is 1. The number of hydrogen-bond donors (Lipinski definition) is 0. The Labute approximate surface area is 110 Å². The molecule has 0 amide bonds. The van der Waals surface area contributed by atoms with Crippen molar-refractivity contribution in [3.05, 3.63) is 67.1 Å². The van der Waals surface area contributed by atoms with E-state index in [4.69, 9.17) is 4.42 Å². The second kappa shape index (κ2) is 3.95. The number of pyridine rings is 1. The van der Waals surface area contributed by atoms with E-state index in [1.165, 1.54) is 10.8 Å². The van der Waals surface area contributed by atoms with Gasteiger partial charge >= 0.3 is 0 Å². The van der Waals surface area contributed by atoms with Gasteiger partial charge in [0.15, 0.2) is 0 Å². The Balaban J connectivity index is 2.17. The molecular weight excluding hydrogens is 234 g/mol. The highest BCUT2D eigenvalue weighted by Crippen LogP contribution is 2.34. The third-order valence-corrected chi connectivity index (χ3v) is 3.40. The van der Waals surface area contributed by atoms with Crippen molar-refractivity contribution in [2.45, 2.75) is 0 Å². The van der Waals surface area contributed by atoms with Crippen molar-refractivity contribution >= 4 is 21.7 Å². The highest BCUT2D eigenvalue weighted by Gasteiger charge is 2.11. The molecule has 0 aliphatic rings. The lowest BCUT2D eigenvalue weighted by Crippen LogP contribution is -1.84. The van der Waals surface area contributed by atoms with E-state index in [1.807, 2.05) is 24.3 Å². The van der Waals surface area contributed by atoms with Gasteiger partial charge in [-0.05, 0) is 35.0 Å². The predicted octanol–water partition coefficient (Wildman–Crippen LogP) is 4.65. The molecule has 2 heterocycles. The summed E-state index contributed by atoms with van der Waals surface area (Å²) >= 11 is 0. The van der Waals surface area contributed by atoms with E-state index in [0.29, 0.717) is 0 Å². The summed E-state index contributed by atoms with van der Waals surface area (Å²) < 4.78 is 5.67. The van der Waals surface area contributed by atoms with Gasteiger partial charge in [0.1, 0.15) is 5.58 Å². The van der Waals surface area contributed by atoms with E-state index in [1.54, 1.807) is 12.5 Å². The topological polar surface area (TPSA) is 26.0 Å². The van der Waals surface area contributed by atoms with E-state index < -0.39 is 0 Å². The Hall–Kier alpha value is -2.61. The number of benzene rings is 2. The van der Waals surface area contributed by atoms with Crippen LogP contribution in [-0.2, 0) is 0 Å². The lowest BCUT2D eigenvalue weighted by atomic mass is 10.0. The Morgan fingerprint density at radius 2 is 1.74 bits per heavy atom. The summed E-state index contributed by atoms with van der Waals surface area (Å²) in [5, 5.41) is 3.56. The second-order valence-electron chi connectivity index (χ2n) is 4.52. The Kier molecular flexibility index (Phi) is 2.15. The van der Waals surface area contributed by atoms with Crippen molar-refractivity contribution in [2.24, 2.45) is 0 Å². The minimum absolute atomic E-state index is 0.900. The normalized spacial score (nSPS) is 11.2. The van der Waals surface area contributed by atoms with Gasteiger partial charge in [-0.3, -0.25) is 4.98 Å². The highest BCUT2D eigenvalue weighted by atomic mass is 16.3. The molecule has 0 saturated heterocycles. The van der Waals surface area contributed by atoms with Crippen LogP contribution < -0.4 is 0 Å². The van der Waals surface area contributed by atoms with Gasteiger partial charge in [-0.1, -0.05) is 30.3 Å². The van der Waals surface area contributed by atoms with E-state index in [-0.39, 0.29) is 0 Å². The van der Waals surface area contributed by atoms with Crippen molar-refractivity contribution in [3.8, 4) is 11.3 Å². The largest absolute Gasteiger partial charge is 0.464 e. The fourth-order valence-electron chi connectivity index (χ4n) is 2.53. The van der Waals surface area contributed by atoms with E-state index in [0.717, 1.165) is 22.2 Å². The lowest BCUT2D eigenvalue weighted by Gasteiger charge is -2.05. The first-order valence-corrected chi connectivity index (χ1v) is 6.24. The standard InChI is InChI=1S/C17H11NO/c1-2-6-13-12(5-1)11-15(16-7-3-4-9-18-16)17-14(13)8-10-19-17/h1-11H. The van der Waals surface area contributed by atoms with E-state index in [2.05, 4.69) is 35.3 Å². The number of fused-ring (bicyclic) bond motifs is 3.